The van der Waals surface area contributed by atoms with Crippen LogP contribution >= 0.6 is 22.9 Å². The van der Waals surface area contributed by atoms with Crippen LogP contribution in [0.4, 0.5) is 0 Å². The molecule has 0 fully saturated rings. The van der Waals surface area contributed by atoms with Crippen molar-refractivity contribution in [2.45, 2.75) is 32.9 Å². The zero-order chi connectivity index (χ0) is 23.2. The van der Waals surface area contributed by atoms with E-state index < -0.39 is 5.97 Å². The van der Waals surface area contributed by atoms with Crippen LogP contribution in [0.15, 0.2) is 65.7 Å². The fourth-order valence-corrected chi connectivity index (χ4v) is 4.57. The Morgan fingerprint density at radius 3 is 2.61 bits per heavy atom. The Hall–Kier alpha value is -3.16. The first-order valence-electron chi connectivity index (χ1n) is 10.6. The summed E-state index contributed by atoms with van der Waals surface area (Å²) in [6.45, 7) is 3.02. The number of unbranched alkanes of at least 4 members (excludes halogenated alkanes) is 1. The zero-order valence-electron chi connectivity index (χ0n) is 18.1. The Morgan fingerprint density at radius 1 is 1.09 bits per heavy atom. The molecular weight excluding hydrogens is 460 g/mol. The molecule has 0 aliphatic rings. The van der Waals surface area contributed by atoms with Crippen molar-refractivity contribution in [2.24, 2.45) is 0 Å². The third-order valence-corrected chi connectivity index (χ3v) is 6.62. The number of carbonyl (C=O) groups excluding carboxylic acids is 1. The highest BCUT2D eigenvalue weighted by Gasteiger charge is 2.20. The van der Waals surface area contributed by atoms with Gasteiger partial charge in [0.05, 0.1) is 18.3 Å². The van der Waals surface area contributed by atoms with E-state index in [1.807, 2.05) is 42.5 Å². The van der Waals surface area contributed by atoms with Gasteiger partial charge >= 0.3 is 5.97 Å². The summed E-state index contributed by atoms with van der Waals surface area (Å²) < 4.78 is 12.7. The second-order valence-corrected chi connectivity index (χ2v) is 8.99. The van der Waals surface area contributed by atoms with Gasteiger partial charge in [0.25, 0.3) is 5.56 Å². The lowest BCUT2D eigenvalue weighted by Gasteiger charge is -2.07. The molecule has 0 radical (unpaired) electrons. The van der Waals surface area contributed by atoms with Gasteiger partial charge < -0.3 is 9.47 Å². The van der Waals surface area contributed by atoms with Gasteiger partial charge in [0, 0.05) is 11.6 Å². The maximum absolute atomic E-state index is 13.0. The first kappa shape index (κ1) is 23.0. The van der Waals surface area contributed by atoms with Gasteiger partial charge in [-0.3, -0.25) is 9.36 Å². The van der Waals surface area contributed by atoms with Gasteiger partial charge in [0.1, 0.15) is 22.1 Å². The molecule has 2 heterocycles. The topological polar surface area (TPSA) is 70.4 Å². The Kier molecular flexibility index (Phi) is 7.42. The number of aromatic nitrogens is 2. The van der Waals surface area contributed by atoms with Gasteiger partial charge in [0.15, 0.2) is 0 Å². The molecule has 2 aromatic carbocycles. The summed E-state index contributed by atoms with van der Waals surface area (Å²) in [4.78, 5) is 31.0. The highest BCUT2D eigenvalue weighted by molar-refractivity contribution is 7.20. The number of fused-ring (bicyclic) bond motifs is 1. The molecule has 0 spiro atoms. The molecule has 170 valence electrons. The van der Waals surface area contributed by atoms with Crippen LogP contribution in [0, 0.1) is 6.92 Å². The highest BCUT2D eigenvalue weighted by Crippen LogP contribution is 2.27. The molecule has 4 aromatic rings. The van der Waals surface area contributed by atoms with Crippen molar-refractivity contribution in [3.8, 4) is 5.75 Å². The number of hydrogen-bond donors (Lipinski definition) is 0. The maximum atomic E-state index is 13.0. The second-order valence-electron chi connectivity index (χ2n) is 7.55. The summed E-state index contributed by atoms with van der Waals surface area (Å²) in [7, 11) is 0. The zero-order valence-corrected chi connectivity index (χ0v) is 19.7. The average molecular weight is 483 g/mol. The van der Waals surface area contributed by atoms with E-state index in [9.17, 15) is 9.59 Å². The minimum Gasteiger partial charge on any atom is -0.494 e. The van der Waals surface area contributed by atoms with Crippen LogP contribution in [-0.2, 0) is 17.9 Å². The summed E-state index contributed by atoms with van der Waals surface area (Å²) in [5.41, 5.74) is 1.38. The Labute approximate surface area is 200 Å². The van der Waals surface area contributed by atoms with Crippen LogP contribution in [0.5, 0.6) is 5.75 Å². The molecule has 0 atom stereocenters. The van der Waals surface area contributed by atoms with Crippen LogP contribution in [0.3, 0.4) is 0 Å². The molecule has 0 unspecified atom stereocenters. The molecule has 8 heteroatoms. The summed E-state index contributed by atoms with van der Waals surface area (Å²) in [5, 5.41) is 1.15. The number of esters is 1. The quantitative estimate of drug-likeness (QED) is 0.228. The predicted octanol–water partition coefficient (Wildman–Crippen LogP) is 5.64. The van der Waals surface area contributed by atoms with Gasteiger partial charge in [-0.1, -0.05) is 41.9 Å². The van der Waals surface area contributed by atoms with Crippen LogP contribution < -0.4 is 10.3 Å². The molecule has 4 rings (SSSR count). The molecule has 6 nitrogen and oxygen atoms in total. The molecule has 0 bridgehead atoms. The van der Waals surface area contributed by atoms with Gasteiger partial charge in [-0.2, -0.15) is 0 Å². The SMILES string of the molecule is Cc1c(C(=O)OCc2ccccc2)sc2ncn(CCCCOc3ccc(Cl)cc3)c(=O)c12. The number of hydrogen-bond acceptors (Lipinski definition) is 6. The number of thiophene rings is 1. The minimum atomic E-state index is -0.440. The van der Waals surface area contributed by atoms with E-state index in [0.717, 1.165) is 24.2 Å². The van der Waals surface area contributed by atoms with E-state index in [1.165, 1.54) is 11.3 Å². The number of halogens is 1. The van der Waals surface area contributed by atoms with E-state index >= 15 is 0 Å². The van der Waals surface area contributed by atoms with Crippen LogP contribution in [0.25, 0.3) is 10.2 Å². The number of benzene rings is 2. The molecule has 0 aliphatic carbocycles. The van der Waals surface area contributed by atoms with Crippen LogP contribution in [-0.4, -0.2) is 22.1 Å². The summed E-state index contributed by atoms with van der Waals surface area (Å²) >= 11 is 7.06. The third-order valence-electron chi connectivity index (χ3n) is 5.19. The molecule has 0 saturated heterocycles. The molecule has 0 aliphatic heterocycles. The normalized spacial score (nSPS) is 11.0. The maximum Gasteiger partial charge on any atom is 0.349 e. The van der Waals surface area contributed by atoms with Gasteiger partial charge in [-0.15, -0.1) is 11.3 Å². The van der Waals surface area contributed by atoms with E-state index in [0.29, 0.717) is 38.8 Å². The number of nitrogens with zero attached hydrogens (tertiary/aromatic N) is 2. The fourth-order valence-electron chi connectivity index (χ4n) is 3.41. The third kappa shape index (κ3) is 5.61. The fraction of sp³-hybridized carbons (Fsp3) is 0.240. The van der Waals surface area contributed by atoms with Crippen molar-refractivity contribution in [2.75, 3.05) is 6.61 Å². The van der Waals surface area contributed by atoms with Crippen molar-refractivity contribution in [1.29, 1.82) is 0 Å². The Bertz CT molecular complexity index is 1300. The number of ether oxygens (including phenoxy) is 2. The molecule has 33 heavy (non-hydrogen) atoms. The molecule has 0 saturated carbocycles. The monoisotopic (exact) mass is 482 g/mol. The van der Waals surface area contributed by atoms with Crippen LogP contribution in [0.1, 0.15) is 33.6 Å². The summed E-state index contributed by atoms with van der Waals surface area (Å²) in [5.74, 6) is 0.324. The van der Waals surface area contributed by atoms with Gasteiger partial charge in [0.2, 0.25) is 0 Å². The van der Waals surface area contributed by atoms with Crippen molar-refractivity contribution in [1.82, 2.24) is 9.55 Å². The molecule has 0 N–H and O–H groups in total. The van der Waals surface area contributed by atoms with Crippen molar-refractivity contribution >= 4 is 39.1 Å². The average Bonchev–Trinajstić information content (AvgIpc) is 3.17. The largest absolute Gasteiger partial charge is 0.494 e. The van der Waals surface area contributed by atoms with Gasteiger partial charge in [-0.25, -0.2) is 9.78 Å². The smallest absolute Gasteiger partial charge is 0.349 e. The lowest BCUT2D eigenvalue weighted by Crippen LogP contribution is -2.21. The molecule has 2 aromatic heterocycles. The number of rotatable bonds is 9. The summed E-state index contributed by atoms with van der Waals surface area (Å²) in [6.07, 6.45) is 3.09. The lowest BCUT2D eigenvalue weighted by atomic mass is 10.2. The second kappa shape index (κ2) is 10.6. The standard InChI is InChI=1S/C25H23ClN2O4S/c1-17-21-23(33-22(17)25(30)32-15-18-7-3-2-4-8-18)27-16-28(24(21)29)13-5-6-14-31-20-11-9-19(26)10-12-20/h2-4,7-12,16H,5-6,13-15H2,1H3. The summed E-state index contributed by atoms with van der Waals surface area (Å²) in [6, 6.07) is 16.7. The molecule has 0 amide bonds. The predicted molar refractivity (Wildman–Crippen MR) is 130 cm³/mol. The first-order valence-corrected chi connectivity index (χ1v) is 11.8. The van der Waals surface area contributed by atoms with Gasteiger partial charge in [-0.05, 0) is 55.2 Å². The minimum absolute atomic E-state index is 0.144. The van der Waals surface area contributed by atoms with Crippen molar-refractivity contribution in [3.05, 3.63) is 92.3 Å². The van der Waals surface area contributed by atoms with Crippen molar-refractivity contribution in [3.63, 3.8) is 0 Å². The van der Waals surface area contributed by atoms with E-state index in [-0.39, 0.29) is 12.2 Å². The number of carbonyl (C=O) groups is 1. The Morgan fingerprint density at radius 2 is 1.85 bits per heavy atom. The van der Waals surface area contributed by atoms with E-state index in [1.54, 1.807) is 30.0 Å². The highest BCUT2D eigenvalue weighted by atomic mass is 35.5. The first-order chi connectivity index (χ1) is 16.0. The molecular formula is C25H23ClN2O4S. The van der Waals surface area contributed by atoms with Crippen LogP contribution in [0.2, 0.25) is 5.02 Å². The van der Waals surface area contributed by atoms with Crippen molar-refractivity contribution < 1.29 is 14.3 Å². The number of aryl methyl sites for hydroxylation is 2. The van der Waals surface area contributed by atoms with E-state index in [2.05, 4.69) is 4.98 Å². The lowest BCUT2D eigenvalue weighted by molar-refractivity contribution is 0.0478. The Balaban J connectivity index is 1.37. The van der Waals surface area contributed by atoms with E-state index in [4.69, 9.17) is 21.1 Å².